The van der Waals surface area contributed by atoms with Gasteiger partial charge in [0.1, 0.15) is 5.75 Å². The lowest BCUT2D eigenvalue weighted by Crippen LogP contribution is -2.16. The topological polar surface area (TPSA) is 55.4 Å². The fourth-order valence-corrected chi connectivity index (χ4v) is 1.36. The van der Waals surface area contributed by atoms with Crippen LogP contribution in [-0.2, 0) is 9.59 Å². The van der Waals surface area contributed by atoms with E-state index in [0.29, 0.717) is 17.7 Å². The van der Waals surface area contributed by atoms with E-state index in [9.17, 15) is 9.59 Å². The van der Waals surface area contributed by atoms with Crippen molar-refractivity contribution in [1.82, 2.24) is 0 Å². The summed E-state index contributed by atoms with van der Waals surface area (Å²) in [7, 11) is 1.49. The van der Waals surface area contributed by atoms with Crippen molar-refractivity contribution in [2.24, 2.45) is 0 Å². The van der Waals surface area contributed by atoms with Crippen LogP contribution >= 0.6 is 11.6 Å². The van der Waals surface area contributed by atoms with Crippen LogP contribution in [0.15, 0.2) is 34.9 Å². The Balaban J connectivity index is 2.96. The molecule has 0 bridgehead atoms. The number of para-hydroxylation sites is 2. The Hall–Kier alpha value is -1.81. The van der Waals surface area contributed by atoms with Crippen molar-refractivity contribution in [2.75, 3.05) is 12.4 Å². The molecule has 0 fully saturated rings. The summed E-state index contributed by atoms with van der Waals surface area (Å²) >= 11 is 5.63. The van der Waals surface area contributed by atoms with Crippen LogP contribution in [0.3, 0.4) is 0 Å². The van der Waals surface area contributed by atoms with Gasteiger partial charge in [-0.15, -0.1) is 0 Å². The minimum absolute atomic E-state index is 0.0995. The number of ether oxygens (including phenoxy) is 1. The molecule has 0 aromatic heterocycles. The van der Waals surface area contributed by atoms with E-state index in [0.717, 1.165) is 0 Å². The molecule has 0 aliphatic carbocycles. The Kier molecular flexibility index (Phi) is 4.72. The van der Waals surface area contributed by atoms with E-state index in [-0.39, 0.29) is 10.6 Å². The van der Waals surface area contributed by atoms with Gasteiger partial charge in [-0.2, -0.15) is 0 Å². The summed E-state index contributed by atoms with van der Waals surface area (Å²) < 4.78 is 5.07. The number of nitrogens with one attached hydrogen (secondary N) is 1. The Labute approximate surface area is 104 Å². The van der Waals surface area contributed by atoms with Gasteiger partial charge in [-0.3, -0.25) is 9.59 Å². The second-order valence-corrected chi connectivity index (χ2v) is 3.79. The number of allylic oxidation sites excluding steroid dienone is 1. The molecule has 0 saturated heterocycles. The van der Waals surface area contributed by atoms with Gasteiger partial charge in [-0.1, -0.05) is 23.7 Å². The molecule has 0 aliphatic rings. The van der Waals surface area contributed by atoms with Crippen LogP contribution < -0.4 is 10.1 Å². The first-order valence-electron chi connectivity index (χ1n) is 4.86. The van der Waals surface area contributed by atoms with Crippen molar-refractivity contribution in [3.63, 3.8) is 0 Å². The average molecular weight is 254 g/mol. The maximum atomic E-state index is 11.7. The van der Waals surface area contributed by atoms with E-state index in [2.05, 4.69) is 5.32 Å². The molecular weight excluding hydrogens is 242 g/mol. The van der Waals surface area contributed by atoms with Gasteiger partial charge >= 0.3 is 0 Å². The van der Waals surface area contributed by atoms with Crippen molar-refractivity contribution in [3.8, 4) is 5.75 Å². The largest absolute Gasteiger partial charge is 0.495 e. The molecule has 1 amide bonds. The molecule has 4 nitrogen and oxygen atoms in total. The number of hydrogen-bond acceptors (Lipinski definition) is 3. The molecule has 0 spiro atoms. The van der Waals surface area contributed by atoms with Crippen LogP contribution in [0.4, 0.5) is 5.69 Å². The van der Waals surface area contributed by atoms with Gasteiger partial charge in [-0.25, -0.2) is 0 Å². The summed E-state index contributed by atoms with van der Waals surface area (Å²) in [5.41, 5.74) is 0.384. The summed E-state index contributed by atoms with van der Waals surface area (Å²) in [6.45, 7) is 1.48. The van der Waals surface area contributed by atoms with E-state index < -0.39 is 5.91 Å². The van der Waals surface area contributed by atoms with Gasteiger partial charge in [0.15, 0.2) is 6.29 Å². The molecule has 1 aromatic carbocycles. The summed E-state index contributed by atoms with van der Waals surface area (Å²) in [5, 5.41) is 2.70. The standard InChI is InChI=1S/C12H12ClNO3/c1-8(13)9(7-15)12(16)14-10-5-3-4-6-11(10)17-2/h3-7H,1-2H3,(H,14,16)/b9-8-. The number of anilines is 1. The van der Waals surface area contributed by atoms with Gasteiger partial charge in [-0.05, 0) is 19.1 Å². The molecule has 1 rings (SSSR count). The molecule has 0 radical (unpaired) electrons. The first kappa shape index (κ1) is 13.3. The van der Waals surface area contributed by atoms with Crippen molar-refractivity contribution < 1.29 is 14.3 Å². The number of methoxy groups -OCH3 is 1. The third kappa shape index (κ3) is 3.32. The highest BCUT2D eigenvalue weighted by molar-refractivity contribution is 6.35. The van der Waals surface area contributed by atoms with E-state index in [4.69, 9.17) is 16.3 Å². The average Bonchev–Trinajstić information content (AvgIpc) is 2.30. The molecule has 0 atom stereocenters. The minimum Gasteiger partial charge on any atom is -0.495 e. The lowest BCUT2D eigenvalue weighted by atomic mass is 10.2. The van der Waals surface area contributed by atoms with Crippen LogP contribution in [0.1, 0.15) is 6.92 Å². The van der Waals surface area contributed by atoms with Crippen molar-refractivity contribution >= 4 is 29.5 Å². The van der Waals surface area contributed by atoms with Crippen LogP contribution in [0, 0.1) is 0 Å². The molecule has 5 heteroatoms. The molecular formula is C12H12ClNO3. The molecule has 0 aliphatic heterocycles. The summed E-state index contributed by atoms with van der Waals surface area (Å²) in [4.78, 5) is 22.4. The number of carbonyl (C=O) groups is 2. The quantitative estimate of drug-likeness (QED) is 0.388. The van der Waals surface area contributed by atoms with Gasteiger partial charge in [0.2, 0.25) is 0 Å². The second-order valence-electron chi connectivity index (χ2n) is 3.22. The predicted molar refractivity (Wildman–Crippen MR) is 66.2 cm³/mol. The Morgan fingerprint density at radius 2 is 2.06 bits per heavy atom. The number of benzene rings is 1. The summed E-state index contributed by atoms with van der Waals surface area (Å²) in [6, 6.07) is 6.89. The number of aldehydes is 1. The highest BCUT2D eigenvalue weighted by Crippen LogP contribution is 2.23. The van der Waals surface area contributed by atoms with E-state index in [1.54, 1.807) is 24.3 Å². The molecule has 0 saturated carbocycles. The lowest BCUT2D eigenvalue weighted by molar-refractivity contribution is -0.115. The monoisotopic (exact) mass is 253 g/mol. The zero-order chi connectivity index (χ0) is 12.8. The lowest BCUT2D eigenvalue weighted by Gasteiger charge is -2.09. The van der Waals surface area contributed by atoms with E-state index in [1.165, 1.54) is 14.0 Å². The van der Waals surface area contributed by atoms with Crippen LogP contribution in [-0.4, -0.2) is 19.3 Å². The summed E-state index contributed by atoms with van der Waals surface area (Å²) in [5.74, 6) is -0.0460. The van der Waals surface area contributed by atoms with Gasteiger partial charge in [0.05, 0.1) is 18.4 Å². The van der Waals surface area contributed by atoms with Gasteiger partial charge in [0.25, 0.3) is 5.91 Å². The Morgan fingerprint density at radius 3 is 2.59 bits per heavy atom. The molecule has 0 heterocycles. The second kappa shape index (κ2) is 6.06. The first-order chi connectivity index (χ1) is 8.10. The molecule has 0 unspecified atom stereocenters. The van der Waals surface area contributed by atoms with Crippen LogP contribution in [0.5, 0.6) is 5.75 Å². The third-order valence-electron chi connectivity index (χ3n) is 2.09. The SMILES string of the molecule is COc1ccccc1NC(=O)/C(C=O)=C(/C)Cl. The van der Waals surface area contributed by atoms with Gasteiger partial charge < -0.3 is 10.1 Å². The fourth-order valence-electron chi connectivity index (χ4n) is 1.23. The van der Waals surface area contributed by atoms with Crippen molar-refractivity contribution in [2.45, 2.75) is 6.92 Å². The number of rotatable bonds is 4. The number of carbonyl (C=O) groups excluding carboxylic acids is 2. The number of halogens is 1. The highest BCUT2D eigenvalue weighted by atomic mass is 35.5. The zero-order valence-electron chi connectivity index (χ0n) is 9.49. The molecule has 17 heavy (non-hydrogen) atoms. The van der Waals surface area contributed by atoms with Crippen LogP contribution in [0.25, 0.3) is 0 Å². The predicted octanol–water partition coefficient (Wildman–Crippen LogP) is 2.35. The maximum Gasteiger partial charge on any atom is 0.260 e. The van der Waals surface area contributed by atoms with Gasteiger partial charge in [0, 0.05) is 5.03 Å². The normalized spacial score (nSPS) is 11.5. The number of hydrogen-bond donors (Lipinski definition) is 1. The smallest absolute Gasteiger partial charge is 0.260 e. The van der Waals surface area contributed by atoms with E-state index in [1.807, 2.05) is 0 Å². The van der Waals surface area contributed by atoms with Crippen LogP contribution in [0.2, 0.25) is 0 Å². The molecule has 1 N–H and O–H groups in total. The molecule has 90 valence electrons. The maximum absolute atomic E-state index is 11.7. The van der Waals surface area contributed by atoms with Crippen molar-refractivity contribution in [3.05, 3.63) is 34.9 Å². The van der Waals surface area contributed by atoms with Crippen molar-refractivity contribution in [1.29, 1.82) is 0 Å². The Bertz CT molecular complexity index is 465. The number of amides is 1. The fraction of sp³-hybridized carbons (Fsp3) is 0.167. The van der Waals surface area contributed by atoms with E-state index >= 15 is 0 Å². The Morgan fingerprint density at radius 1 is 1.41 bits per heavy atom. The summed E-state index contributed by atoms with van der Waals surface area (Å²) in [6.07, 6.45) is 0.424. The first-order valence-corrected chi connectivity index (χ1v) is 5.24. The zero-order valence-corrected chi connectivity index (χ0v) is 10.2. The molecule has 1 aromatic rings. The highest BCUT2D eigenvalue weighted by Gasteiger charge is 2.13. The minimum atomic E-state index is -0.558. The third-order valence-corrected chi connectivity index (χ3v) is 2.29.